The zero-order valence-corrected chi connectivity index (χ0v) is 17.2. The van der Waals surface area contributed by atoms with Crippen molar-refractivity contribution in [3.63, 3.8) is 0 Å². The normalized spacial score (nSPS) is 11.0. The number of hydrazine groups is 1. The number of halogens is 2. The third-order valence-corrected chi connectivity index (χ3v) is 4.48. The lowest BCUT2D eigenvalue weighted by Gasteiger charge is -2.16. The first-order valence-corrected chi connectivity index (χ1v) is 9.38. The quantitative estimate of drug-likeness (QED) is 0.345. The molecule has 0 spiro atoms. The maximum absolute atomic E-state index is 14.2. The van der Waals surface area contributed by atoms with Crippen LogP contribution in [0.5, 0.6) is 11.5 Å². The fourth-order valence-electron chi connectivity index (χ4n) is 2.60. The van der Waals surface area contributed by atoms with E-state index in [1.54, 1.807) is 24.3 Å². The van der Waals surface area contributed by atoms with Gasteiger partial charge in [0.15, 0.2) is 11.5 Å². The highest BCUT2D eigenvalue weighted by Gasteiger charge is 2.13. The Morgan fingerprint density at radius 3 is 2.79 bits per heavy atom. The van der Waals surface area contributed by atoms with Crippen molar-refractivity contribution < 1.29 is 13.9 Å². The Balaban J connectivity index is 1.88. The van der Waals surface area contributed by atoms with Gasteiger partial charge in [-0.25, -0.2) is 20.2 Å². The van der Waals surface area contributed by atoms with Crippen molar-refractivity contribution in [2.75, 3.05) is 25.6 Å². The Kier molecular flexibility index (Phi) is 6.68. The third-order valence-electron chi connectivity index (χ3n) is 3.99. The summed E-state index contributed by atoms with van der Waals surface area (Å²) >= 11 is 3.24. The van der Waals surface area contributed by atoms with E-state index in [9.17, 15) is 4.39 Å². The fourth-order valence-corrected chi connectivity index (χ4v) is 2.93. The number of anilines is 2. The van der Waals surface area contributed by atoms with Gasteiger partial charge in [0.1, 0.15) is 24.6 Å². The fraction of sp³-hybridized carbons (Fsp3) is 0.158. The monoisotopic (exact) mass is 462 g/mol. The van der Waals surface area contributed by atoms with E-state index in [2.05, 4.69) is 31.2 Å². The van der Waals surface area contributed by atoms with Crippen molar-refractivity contribution >= 4 is 38.3 Å². The molecule has 3 aromatic rings. The summed E-state index contributed by atoms with van der Waals surface area (Å²) in [6, 6.07) is 8.21. The first-order chi connectivity index (χ1) is 14.0. The van der Waals surface area contributed by atoms with E-state index >= 15 is 0 Å². The van der Waals surface area contributed by atoms with Crippen LogP contribution >= 0.6 is 15.9 Å². The largest absolute Gasteiger partial charge is 0.493 e. The number of rotatable bonds is 8. The molecule has 0 saturated heterocycles. The number of nitrogens with zero attached hydrogens (tertiary/aromatic N) is 3. The summed E-state index contributed by atoms with van der Waals surface area (Å²) in [6.45, 7) is 0.733. The van der Waals surface area contributed by atoms with Gasteiger partial charge in [0.2, 0.25) is 0 Å². The number of fused-ring (bicyclic) bond motifs is 1. The van der Waals surface area contributed by atoms with E-state index in [4.69, 9.17) is 21.1 Å². The lowest BCUT2D eigenvalue weighted by Crippen LogP contribution is -2.30. The number of hydrogen-bond donors (Lipinski definition) is 3. The van der Waals surface area contributed by atoms with Crippen LogP contribution in [-0.4, -0.2) is 35.2 Å². The molecule has 0 atom stereocenters. The summed E-state index contributed by atoms with van der Waals surface area (Å²) in [7, 11) is 1.53. The lowest BCUT2D eigenvalue weighted by molar-refractivity contribution is 0.247. The predicted octanol–water partition coefficient (Wildman–Crippen LogP) is 3.27. The van der Waals surface area contributed by atoms with E-state index in [0.717, 1.165) is 0 Å². The standard InChI is InChI=1S/C19H20BrFN6O2/c1-28-17-9-13-16(10-18(17)29-7-6-27(23)5-4-22)24-11-25-19(13)26-15-3-2-12(20)8-14(15)21/h2-5,8-11H,6-7,22-23H2,1H3,(H,24,25,26)/b5-4-. The summed E-state index contributed by atoms with van der Waals surface area (Å²) in [5.74, 6) is 6.75. The minimum atomic E-state index is -0.407. The summed E-state index contributed by atoms with van der Waals surface area (Å²) < 4.78 is 26.1. The van der Waals surface area contributed by atoms with Crippen molar-refractivity contribution in [2.24, 2.45) is 11.6 Å². The van der Waals surface area contributed by atoms with Crippen LogP contribution in [0.3, 0.4) is 0 Å². The van der Waals surface area contributed by atoms with Crippen molar-refractivity contribution in [2.45, 2.75) is 0 Å². The first kappa shape index (κ1) is 20.6. The van der Waals surface area contributed by atoms with Gasteiger partial charge >= 0.3 is 0 Å². The van der Waals surface area contributed by atoms with Crippen LogP contribution in [0.4, 0.5) is 15.9 Å². The highest BCUT2D eigenvalue weighted by atomic mass is 79.9. The molecule has 0 aliphatic carbocycles. The minimum Gasteiger partial charge on any atom is -0.493 e. The van der Waals surface area contributed by atoms with Gasteiger partial charge in [-0.05, 0) is 24.3 Å². The molecule has 1 aromatic heterocycles. The molecule has 3 rings (SSSR count). The second kappa shape index (κ2) is 9.39. The first-order valence-electron chi connectivity index (χ1n) is 8.59. The summed E-state index contributed by atoms with van der Waals surface area (Å²) in [5.41, 5.74) is 6.21. The van der Waals surface area contributed by atoms with Crippen LogP contribution in [0.25, 0.3) is 10.9 Å². The highest BCUT2D eigenvalue weighted by Crippen LogP contribution is 2.35. The topological polar surface area (TPSA) is 112 Å². The molecule has 0 fully saturated rings. The molecule has 152 valence electrons. The average Bonchev–Trinajstić information content (AvgIpc) is 2.70. The number of nitrogens with one attached hydrogen (secondary N) is 1. The molecule has 10 heteroatoms. The molecule has 0 radical (unpaired) electrons. The Morgan fingerprint density at radius 2 is 2.07 bits per heavy atom. The highest BCUT2D eigenvalue weighted by molar-refractivity contribution is 9.10. The Labute approximate surface area is 175 Å². The van der Waals surface area contributed by atoms with Crippen molar-refractivity contribution in [1.82, 2.24) is 15.0 Å². The van der Waals surface area contributed by atoms with Gasteiger partial charge in [0.25, 0.3) is 0 Å². The summed E-state index contributed by atoms with van der Waals surface area (Å²) in [5, 5.41) is 5.06. The van der Waals surface area contributed by atoms with Gasteiger partial charge in [0.05, 0.1) is 24.9 Å². The number of hydrogen-bond acceptors (Lipinski definition) is 8. The maximum Gasteiger partial charge on any atom is 0.163 e. The maximum atomic E-state index is 14.2. The molecule has 0 unspecified atom stereocenters. The smallest absolute Gasteiger partial charge is 0.163 e. The second-order valence-electron chi connectivity index (χ2n) is 5.92. The molecule has 5 N–H and O–H groups in total. The van der Waals surface area contributed by atoms with Gasteiger partial charge in [-0.2, -0.15) is 0 Å². The van der Waals surface area contributed by atoms with Crippen LogP contribution in [0.2, 0.25) is 0 Å². The number of ether oxygens (including phenoxy) is 2. The molecule has 8 nitrogen and oxygen atoms in total. The Hall–Kier alpha value is -3.11. The van der Waals surface area contributed by atoms with Gasteiger partial charge in [-0.1, -0.05) is 15.9 Å². The molecule has 0 aliphatic heterocycles. The molecule has 29 heavy (non-hydrogen) atoms. The van der Waals surface area contributed by atoms with Crippen LogP contribution in [0, 0.1) is 5.82 Å². The molecule has 1 heterocycles. The van der Waals surface area contributed by atoms with Crippen molar-refractivity contribution in [1.29, 1.82) is 0 Å². The molecule has 2 aromatic carbocycles. The van der Waals surface area contributed by atoms with E-state index in [0.29, 0.717) is 51.5 Å². The van der Waals surface area contributed by atoms with Crippen LogP contribution in [0.15, 0.2) is 53.5 Å². The van der Waals surface area contributed by atoms with Crippen LogP contribution < -0.4 is 26.4 Å². The molecule has 0 saturated carbocycles. The zero-order chi connectivity index (χ0) is 20.8. The number of methoxy groups -OCH3 is 1. The second-order valence-corrected chi connectivity index (χ2v) is 6.84. The van der Waals surface area contributed by atoms with Crippen molar-refractivity contribution in [3.8, 4) is 11.5 Å². The molecule has 0 amide bonds. The lowest BCUT2D eigenvalue weighted by atomic mass is 10.2. The van der Waals surface area contributed by atoms with Crippen LogP contribution in [-0.2, 0) is 0 Å². The SMILES string of the molecule is COc1cc2c(Nc3ccc(Br)cc3F)ncnc2cc1OCCN(N)/C=C\N. The van der Waals surface area contributed by atoms with Crippen molar-refractivity contribution in [3.05, 3.63) is 59.3 Å². The van der Waals surface area contributed by atoms with Gasteiger partial charge < -0.3 is 25.5 Å². The zero-order valence-electron chi connectivity index (χ0n) is 15.6. The van der Waals surface area contributed by atoms with E-state index in [-0.39, 0.29) is 0 Å². The molecule has 0 aliphatic rings. The molecular weight excluding hydrogens is 443 g/mol. The van der Waals surface area contributed by atoms with Gasteiger partial charge in [-0.3, -0.25) is 0 Å². The Bertz CT molecular complexity index is 1030. The number of nitrogens with two attached hydrogens (primary N) is 2. The van der Waals surface area contributed by atoms with Gasteiger partial charge in [-0.15, -0.1) is 0 Å². The average molecular weight is 463 g/mol. The van der Waals surface area contributed by atoms with E-state index in [1.165, 1.54) is 36.9 Å². The van der Waals surface area contributed by atoms with Gasteiger partial charge in [0, 0.05) is 28.3 Å². The van der Waals surface area contributed by atoms with E-state index in [1.807, 2.05) is 0 Å². The third kappa shape index (κ3) is 5.04. The van der Waals surface area contributed by atoms with E-state index < -0.39 is 5.82 Å². The summed E-state index contributed by atoms with van der Waals surface area (Å²) in [4.78, 5) is 8.51. The molecular formula is C19H20BrFN6O2. The summed E-state index contributed by atoms with van der Waals surface area (Å²) in [6.07, 6.45) is 4.27. The molecule has 0 bridgehead atoms. The Morgan fingerprint density at radius 1 is 1.24 bits per heavy atom. The predicted molar refractivity (Wildman–Crippen MR) is 113 cm³/mol. The minimum absolute atomic E-state index is 0.295. The van der Waals surface area contributed by atoms with Crippen LogP contribution in [0.1, 0.15) is 0 Å². The number of benzene rings is 2. The number of aromatic nitrogens is 2.